The normalized spacial score (nSPS) is 12.1. The van der Waals surface area contributed by atoms with Crippen molar-refractivity contribution < 1.29 is 19.2 Å². The maximum atomic E-state index is 11.2. The topological polar surface area (TPSA) is 111 Å². The third-order valence-electron chi connectivity index (χ3n) is 5.02. The zero-order valence-corrected chi connectivity index (χ0v) is 15.5. The summed E-state index contributed by atoms with van der Waals surface area (Å²) in [5.41, 5.74) is 3.76. The van der Waals surface area contributed by atoms with Crippen molar-refractivity contribution in [2.45, 2.75) is 13.8 Å². The maximum Gasteiger partial charge on any atom is 0.313 e. The lowest BCUT2D eigenvalue weighted by Crippen LogP contribution is -2.07. The third-order valence-corrected chi connectivity index (χ3v) is 5.02. The lowest BCUT2D eigenvalue weighted by Gasteiger charge is -2.24. The first-order valence-corrected chi connectivity index (χ1v) is 8.89. The molecule has 0 aliphatic carbocycles. The minimum absolute atomic E-state index is 0.286. The largest absolute Gasteiger partial charge is 0.502 e. The van der Waals surface area contributed by atoms with Gasteiger partial charge in [0.15, 0.2) is 17.1 Å². The number of phenols is 1. The van der Waals surface area contributed by atoms with E-state index in [0.717, 1.165) is 11.1 Å². The smallest absolute Gasteiger partial charge is 0.313 e. The van der Waals surface area contributed by atoms with E-state index in [1.54, 1.807) is 13.0 Å². The highest BCUT2D eigenvalue weighted by molar-refractivity contribution is 5.91. The number of nitro groups is 1. The Kier molecular flexibility index (Phi) is 3.51. The Morgan fingerprint density at radius 3 is 2.48 bits per heavy atom. The highest BCUT2D eigenvalue weighted by Crippen LogP contribution is 2.51. The number of rotatable bonds is 2. The molecule has 0 fully saturated rings. The molecule has 0 atom stereocenters. The van der Waals surface area contributed by atoms with Gasteiger partial charge in [-0.15, -0.1) is 0 Å². The maximum absolute atomic E-state index is 11.2. The Morgan fingerprint density at radius 2 is 1.76 bits per heavy atom. The molecule has 0 amide bonds. The van der Waals surface area contributed by atoms with Gasteiger partial charge in [-0.2, -0.15) is 0 Å². The van der Waals surface area contributed by atoms with Crippen LogP contribution in [0, 0.1) is 24.0 Å². The molecule has 2 heterocycles. The summed E-state index contributed by atoms with van der Waals surface area (Å²) in [5, 5.41) is 24.6. The number of benzene rings is 3. The molecule has 144 valence electrons. The van der Waals surface area contributed by atoms with Gasteiger partial charge >= 0.3 is 5.69 Å². The van der Waals surface area contributed by atoms with Crippen molar-refractivity contribution >= 4 is 28.2 Å². The van der Waals surface area contributed by atoms with E-state index in [0.29, 0.717) is 39.9 Å². The van der Waals surface area contributed by atoms with Gasteiger partial charge in [-0.05, 0) is 32.0 Å². The average Bonchev–Trinajstić information content (AvgIpc) is 3.15. The molecule has 8 nitrogen and oxygen atoms in total. The van der Waals surface area contributed by atoms with E-state index >= 15 is 0 Å². The van der Waals surface area contributed by atoms with Crippen molar-refractivity contribution in [3.05, 3.63) is 63.7 Å². The van der Waals surface area contributed by atoms with E-state index in [2.05, 4.69) is 10.3 Å². The Morgan fingerprint density at radius 1 is 1.07 bits per heavy atom. The van der Waals surface area contributed by atoms with Gasteiger partial charge < -0.3 is 19.6 Å². The van der Waals surface area contributed by atoms with E-state index in [1.807, 2.05) is 37.3 Å². The number of hydrogen-bond acceptors (Lipinski definition) is 7. The number of nitrogens with one attached hydrogen (secondary N) is 1. The number of phenolic OH excluding ortho intramolecular Hbond substituents is 1. The quantitative estimate of drug-likeness (QED) is 0.230. The SMILES string of the molecule is Cc1c(O)c([N+](=O)[O-])cc2c1Oc1c(cc3nc(-c4ccccc4)oc3c1C)N2. The Hall–Kier alpha value is -4.07. The molecule has 1 aliphatic heterocycles. The molecule has 4 aromatic rings. The summed E-state index contributed by atoms with van der Waals surface area (Å²) in [7, 11) is 0. The summed E-state index contributed by atoms with van der Waals surface area (Å²) in [6.07, 6.45) is 0. The first-order valence-electron chi connectivity index (χ1n) is 8.89. The van der Waals surface area contributed by atoms with Crippen LogP contribution in [0.15, 0.2) is 46.9 Å². The van der Waals surface area contributed by atoms with Crippen molar-refractivity contribution in [1.82, 2.24) is 4.98 Å². The Labute approximate surface area is 164 Å². The molecule has 0 saturated carbocycles. The molecule has 0 spiro atoms. The van der Waals surface area contributed by atoms with Crippen LogP contribution in [0.3, 0.4) is 0 Å². The predicted octanol–water partition coefficient (Wildman–Crippen LogP) is 5.57. The number of aromatic nitrogens is 1. The molecule has 0 bridgehead atoms. The molecule has 3 aromatic carbocycles. The summed E-state index contributed by atoms with van der Waals surface area (Å²) in [4.78, 5) is 15.2. The van der Waals surface area contributed by atoms with Crippen LogP contribution in [0.25, 0.3) is 22.6 Å². The second-order valence-corrected chi connectivity index (χ2v) is 6.84. The molecular weight excluding hydrogens is 374 g/mol. The van der Waals surface area contributed by atoms with Gasteiger partial charge in [-0.3, -0.25) is 10.1 Å². The fourth-order valence-electron chi connectivity index (χ4n) is 3.52. The summed E-state index contributed by atoms with van der Waals surface area (Å²) < 4.78 is 12.0. The van der Waals surface area contributed by atoms with Crippen LogP contribution in [-0.2, 0) is 0 Å². The molecule has 1 aromatic heterocycles. The van der Waals surface area contributed by atoms with Crippen LogP contribution < -0.4 is 10.1 Å². The number of aryl methyl sites for hydroxylation is 1. The molecule has 0 saturated heterocycles. The first kappa shape index (κ1) is 17.1. The zero-order chi connectivity index (χ0) is 20.3. The van der Waals surface area contributed by atoms with Crippen LogP contribution >= 0.6 is 0 Å². The summed E-state index contributed by atoms with van der Waals surface area (Å²) in [5.74, 6) is 0.944. The van der Waals surface area contributed by atoms with E-state index in [1.165, 1.54) is 6.07 Å². The summed E-state index contributed by atoms with van der Waals surface area (Å²) in [6, 6.07) is 12.6. The van der Waals surface area contributed by atoms with Gasteiger partial charge in [0.1, 0.15) is 5.52 Å². The number of nitro benzene ring substituents is 1. The van der Waals surface area contributed by atoms with Crippen molar-refractivity contribution in [2.24, 2.45) is 0 Å². The molecule has 0 radical (unpaired) electrons. The molecule has 8 heteroatoms. The second-order valence-electron chi connectivity index (χ2n) is 6.84. The molecular formula is C21H15N3O5. The number of nitrogens with zero attached hydrogens (tertiary/aromatic N) is 2. The fraction of sp³-hybridized carbons (Fsp3) is 0.0952. The Balaban J connectivity index is 1.67. The van der Waals surface area contributed by atoms with Gasteiger partial charge in [0.2, 0.25) is 11.6 Å². The van der Waals surface area contributed by atoms with Crippen LogP contribution in [0.5, 0.6) is 17.2 Å². The molecule has 1 aliphatic rings. The average molecular weight is 389 g/mol. The van der Waals surface area contributed by atoms with E-state index in [9.17, 15) is 15.2 Å². The van der Waals surface area contributed by atoms with Gasteiger partial charge in [-0.25, -0.2) is 4.98 Å². The van der Waals surface area contributed by atoms with Crippen molar-refractivity contribution in [2.75, 3.05) is 5.32 Å². The number of fused-ring (bicyclic) bond motifs is 3. The lowest BCUT2D eigenvalue weighted by atomic mass is 10.1. The van der Waals surface area contributed by atoms with Crippen molar-refractivity contribution in [3.8, 4) is 28.7 Å². The molecule has 29 heavy (non-hydrogen) atoms. The van der Waals surface area contributed by atoms with Crippen LogP contribution in [-0.4, -0.2) is 15.0 Å². The minimum Gasteiger partial charge on any atom is -0.502 e. The van der Waals surface area contributed by atoms with Gasteiger partial charge in [0.05, 0.1) is 16.3 Å². The van der Waals surface area contributed by atoms with Gasteiger partial charge in [0.25, 0.3) is 0 Å². The van der Waals surface area contributed by atoms with Crippen LogP contribution in [0.2, 0.25) is 0 Å². The number of hydrogen-bond donors (Lipinski definition) is 2. The monoisotopic (exact) mass is 389 g/mol. The van der Waals surface area contributed by atoms with Crippen LogP contribution in [0.1, 0.15) is 11.1 Å². The predicted molar refractivity (Wildman–Crippen MR) is 107 cm³/mol. The van der Waals surface area contributed by atoms with Gasteiger partial charge in [-0.1, -0.05) is 18.2 Å². The first-order chi connectivity index (χ1) is 13.9. The highest BCUT2D eigenvalue weighted by Gasteiger charge is 2.29. The molecule has 0 unspecified atom stereocenters. The number of ether oxygens (including phenoxy) is 1. The van der Waals surface area contributed by atoms with Crippen molar-refractivity contribution in [1.29, 1.82) is 0 Å². The van der Waals surface area contributed by atoms with E-state index in [4.69, 9.17) is 9.15 Å². The van der Waals surface area contributed by atoms with Crippen LogP contribution in [0.4, 0.5) is 17.1 Å². The van der Waals surface area contributed by atoms with Crippen molar-refractivity contribution in [3.63, 3.8) is 0 Å². The lowest BCUT2D eigenvalue weighted by molar-refractivity contribution is -0.385. The molecule has 5 rings (SSSR count). The number of oxazole rings is 1. The van der Waals surface area contributed by atoms with Gasteiger partial charge in [0, 0.05) is 22.8 Å². The Bertz CT molecular complexity index is 1310. The minimum atomic E-state index is -0.627. The number of aromatic hydroxyl groups is 1. The summed E-state index contributed by atoms with van der Waals surface area (Å²) in [6.45, 7) is 3.43. The molecule has 2 N–H and O–H groups in total. The second kappa shape index (κ2) is 5.96. The summed E-state index contributed by atoms with van der Waals surface area (Å²) >= 11 is 0. The fourth-order valence-corrected chi connectivity index (χ4v) is 3.52. The highest BCUT2D eigenvalue weighted by atomic mass is 16.6. The van der Waals surface area contributed by atoms with E-state index in [-0.39, 0.29) is 11.3 Å². The zero-order valence-electron chi connectivity index (χ0n) is 15.5. The number of anilines is 2. The standard InChI is InChI=1S/C21H15N3O5/c1-10-17(25)16(24(26)27)9-15-18(10)28-19-11(2)20-14(8-13(19)22-15)23-21(29-20)12-6-4-3-5-7-12/h3-9,22,25H,1-2H3. The van der Waals surface area contributed by atoms with E-state index < -0.39 is 10.7 Å². The third kappa shape index (κ3) is 2.49.